The number of carbonyl (C=O) groups is 2. The third-order valence-corrected chi connectivity index (χ3v) is 5.06. The number of esters is 1. The zero-order chi connectivity index (χ0) is 20.2. The lowest BCUT2D eigenvalue weighted by atomic mass is 10.2. The Balaban J connectivity index is 1.44. The first-order valence-electron chi connectivity index (χ1n) is 8.99. The molecule has 0 fully saturated rings. The van der Waals surface area contributed by atoms with Crippen LogP contribution < -0.4 is 14.4 Å². The van der Waals surface area contributed by atoms with E-state index in [-0.39, 0.29) is 12.5 Å². The molecule has 1 amide bonds. The van der Waals surface area contributed by atoms with Gasteiger partial charge in [-0.1, -0.05) is 18.2 Å². The highest BCUT2D eigenvalue weighted by Crippen LogP contribution is 2.31. The van der Waals surface area contributed by atoms with Crippen molar-refractivity contribution in [2.45, 2.75) is 13.5 Å². The highest BCUT2D eigenvalue weighted by atomic mass is 32.1. The summed E-state index contributed by atoms with van der Waals surface area (Å²) in [6.45, 7) is 2.42. The Bertz CT molecular complexity index is 1030. The van der Waals surface area contributed by atoms with Crippen LogP contribution in [0, 0.1) is 0 Å². The molecule has 4 rings (SSSR count). The highest BCUT2D eigenvalue weighted by Gasteiger charge is 2.19. The maximum atomic E-state index is 12.4. The van der Waals surface area contributed by atoms with Crippen LogP contribution in [-0.2, 0) is 16.1 Å². The summed E-state index contributed by atoms with van der Waals surface area (Å²) in [4.78, 5) is 30.4. The van der Waals surface area contributed by atoms with Crippen molar-refractivity contribution >= 4 is 34.0 Å². The molecule has 1 aliphatic heterocycles. The lowest BCUT2D eigenvalue weighted by Gasteiger charge is -2.18. The maximum absolute atomic E-state index is 12.4. The molecule has 0 saturated carbocycles. The molecule has 2 heterocycles. The van der Waals surface area contributed by atoms with Crippen molar-refractivity contribution in [3.63, 3.8) is 0 Å². The van der Waals surface area contributed by atoms with Gasteiger partial charge in [0.2, 0.25) is 5.91 Å². The highest BCUT2D eigenvalue weighted by molar-refractivity contribution is 7.14. The third kappa shape index (κ3) is 4.22. The molecule has 0 N–H and O–H groups in total. The Morgan fingerprint density at radius 3 is 2.62 bits per heavy atom. The molecule has 1 aromatic heterocycles. The summed E-state index contributed by atoms with van der Waals surface area (Å²) in [7, 11) is 0. The predicted molar refractivity (Wildman–Crippen MR) is 108 cm³/mol. The fraction of sp³-hybridized carbons (Fsp3) is 0.190. The molecule has 0 aliphatic carbocycles. The van der Waals surface area contributed by atoms with Gasteiger partial charge in [0.15, 0.2) is 16.6 Å². The Labute approximate surface area is 171 Å². The van der Waals surface area contributed by atoms with Crippen LogP contribution in [0.15, 0.2) is 53.9 Å². The molecule has 0 atom stereocenters. The van der Waals surface area contributed by atoms with Gasteiger partial charge in [-0.15, -0.1) is 11.3 Å². The lowest BCUT2D eigenvalue weighted by molar-refractivity contribution is -0.115. The lowest BCUT2D eigenvalue weighted by Crippen LogP contribution is -2.22. The number of thiazole rings is 1. The number of para-hydroxylation sites is 1. The van der Waals surface area contributed by atoms with Crippen molar-refractivity contribution < 1.29 is 23.8 Å². The monoisotopic (exact) mass is 410 g/mol. The van der Waals surface area contributed by atoms with E-state index in [9.17, 15) is 9.59 Å². The minimum atomic E-state index is -0.483. The van der Waals surface area contributed by atoms with Crippen molar-refractivity contribution in [1.82, 2.24) is 4.98 Å². The van der Waals surface area contributed by atoms with Gasteiger partial charge in [0.05, 0.1) is 16.9 Å². The molecule has 8 heteroatoms. The molecule has 0 spiro atoms. The Kier molecular flexibility index (Phi) is 5.44. The van der Waals surface area contributed by atoms with E-state index >= 15 is 0 Å². The molecule has 2 aromatic carbocycles. The molecule has 1 aliphatic rings. The number of nitrogens with zero attached hydrogens (tertiary/aromatic N) is 2. The van der Waals surface area contributed by atoms with Gasteiger partial charge in [-0.3, -0.25) is 9.69 Å². The van der Waals surface area contributed by atoms with Crippen molar-refractivity contribution in [2.24, 2.45) is 0 Å². The van der Waals surface area contributed by atoms with E-state index < -0.39 is 5.97 Å². The number of carbonyl (C=O) groups excluding carboxylic acids is 2. The van der Waals surface area contributed by atoms with Gasteiger partial charge < -0.3 is 14.2 Å². The van der Waals surface area contributed by atoms with Crippen molar-refractivity contribution in [3.05, 3.63) is 65.2 Å². The molecule has 3 aromatic rings. The summed E-state index contributed by atoms with van der Waals surface area (Å²) in [6, 6.07) is 14.2. The number of amides is 1. The quantitative estimate of drug-likeness (QED) is 0.593. The van der Waals surface area contributed by atoms with Crippen LogP contribution in [0.3, 0.4) is 0 Å². The van der Waals surface area contributed by atoms with Gasteiger partial charge in [-0.05, 0) is 30.3 Å². The molecule has 0 bridgehead atoms. The summed E-state index contributed by atoms with van der Waals surface area (Å²) in [6.07, 6.45) is 0. The van der Waals surface area contributed by atoms with Gasteiger partial charge in [-0.2, -0.15) is 0 Å². The Hall–Kier alpha value is -3.39. The molecule has 29 heavy (non-hydrogen) atoms. The standard InChI is InChI=1S/C21H18N2O5S/c1-14(24)23(17-5-3-2-4-6-17)21-22-16(13-29-21)12-28-20(25)15-7-8-18-19(11-15)27-10-9-26-18/h2-8,11,13H,9-10,12H2,1H3. The summed E-state index contributed by atoms with van der Waals surface area (Å²) in [5, 5.41) is 2.29. The van der Waals surface area contributed by atoms with Gasteiger partial charge in [0.25, 0.3) is 0 Å². The number of rotatable bonds is 5. The predicted octanol–water partition coefficient (Wildman–Crippen LogP) is 3.96. The van der Waals surface area contributed by atoms with Crippen molar-refractivity contribution in [2.75, 3.05) is 18.1 Å². The van der Waals surface area contributed by atoms with Crippen LogP contribution in [0.1, 0.15) is 23.0 Å². The zero-order valence-electron chi connectivity index (χ0n) is 15.7. The molecule has 0 unspecified atom stereocenters. The fourth-order valence-electron chi connectivity index (χ4n) is 2.86. The SMILES string of the molecule is CC(=O)N(c1ccccc1)c1nc(COC(=O)c2ccc3c(c2)OCCO3)cs1. The smallest absolute Gasteiger partial charge is 0.338 e. The van der Waals surface area contributed by atoms with Crippen molar-refractivity contribution in [3.8, 4) is 11.5 Å². The minimum Gasteiger partial charge on any atom is -0.486 e. The molecule has 7 nitrogen and oxygen atoms in total. The maximum Gasteiger partial charge on any atom is 0.338 e. The number of fused-ring (bicyclic) bond motifs is 1. The Morgan fingerprint density at radius 2 is 1.86 bits per heavy atom. The summed E-state index contributed by atoms with van der Waals surface area (Å²) in [5.74, 6) is 0.511. The fourth-order valence-corrected chi connectivity index (χ4v) is 3.73. The van der Waals surface area contributed by atoms with Crippen LogP contribution in [0.5, 0.6) is 11.5 Å². The van der Waals surface area contributed by atoms with Crippen LogP contribution in [0.4, 0.5) is 10.8 Å². The average Bonchev–Trinajstić information content (AvgIpc) is 3.20. The summed E-state index contributed by atoms with van der Waals surface area (Å²) < 4.78 is 16.3. The molecule has 0 radical (unpaired) electrons. The van der Waals surface area contributed by atoms with E-state index in [2.05, 4.69) is 4.98 Å². The third-order valence-electron chi connectivity index (χ3n) is 4.19. The number of benzene rings is 2. The second-order valence-electron chi connectivity index (χ2n) is 6.25. The first-order chi connectivity index (χ1) is 14.1. The number of ether oxygens (including phenoxy) is 3. The number of hydrogen-bond acceptors (Lipinski definition) is 7. The summed E-state index contributed by atoms with van der Waals surface area (Å²) in [5.41, 5.74) is 1.67. The average molecular weight is 410 g/mol. The van der Waals surface area contributed by atoms with Crippen LogP contribution in [0.25, 0.3) is 0 Å². The van der Waals surface area contributed by atoms with Gasteiger partial charge in [0, 0.05) is 12.3 Å². The second-order valence-corrected chi connectivity index (χ2v) is 7.08. The second kappa shape index (κ2) is 8.32. The van der Waals surface area contributed by atoms with Crippen molar-refractivity contribution in [1.29, 1.82) is 0 Å². The first-order valence-corrected chi connectivity index (χ1v) is 9.87. The number of anilines is 2. The van der Waals surface area contributed by atoms with E-state index in [1.54, 1.807) is 23.6 Å². The van der Waals surface area contributed by atoms with Crippen LogP contribution >= 0.6 is 11.3 Å². The first kappa shape index (κ1) is 18.9. The van der Waals surface area contributed by atoms with E-state index in [1.807, 2.05) is 30.3 Å². The Morgan fingerprint density at radius 1 is 1.10 bits per heavy atom. The molecular weight excluding hydrogens is 392 g/mol. The van der Waals surface area contributed by atoms with Crippen LogP contribution in [-0.4, -0.2) is 30.1 Å². The van der Waals surface area contributed by atoms with Gasteiger partial charge >= 0.3 is 5.97 Å². The van der Waals surface area contributed by atoms with Gasteiger partial charge in [0.1, 0.15) is 19.8 Å². The number of aromatic nitrogens is 1. The van der Waals surface area contributed by atoms with E-state index in [1.165, 1.54) is 23.2 Å². The largest absolute Gasteiger partial charge is 0.486 e. The van der Waals surface area contributed by atoms with E-state index in [0.29, 0.717) is 41.1 Å². The molecular formula is C21H18N2O5S. The van der Waals surface area contributed by atoms with Gasteiger partial charge in [-0.25, -0.2) is 9.78 Å². The summed E-state index contributed by atoms with van der Waals surface area (Å²) >= 11 is 1.31. The normalized spacial score (nSPS) is 12.3. The van der Waals surface area contributed by atoms with E-state index in [4.69, 9.17) is 14.2 Å². The molecule has 148 valence electrons. The topological polar surface area (TPSA) is 78.0 Å². The zero-order valence-corrected chi connectivity index (χ0v) is 16.5. The number of hydrogen-bond donors (Lipinski definition) is 0. The minimum absolute atomic E-state index is 0.00428. The molecule has 0 saturated heterocycles. The van der Waals surface area contributed by atoms with E-state index in [0.717, 1.165) is 5.69 Å². The van der Waals surface area contributed by atoms with Crippen LogP contribution in [0.2, 0.25) is 0 Å².